The monoisotopic (exact) mass is 288 g/mol. The summed E-state index contributed by atoms with van der Waals surface area (Å²) in [5.74, 6) is 0.523. The maximum absolute atomic E-state index is 9.57. The first kappa shape index (κ1) is 14.2. The highest BCUT2D eigenvalue weighted by Crippen LogP contribution is 2.16. The number of hydrogen-bond donors (Lipinski definition) is 3. The molecule has 1 aliphatic rings. The molecule has 106 valence electrons. The quantitative estimate of drug-likeness (QED) is 0.625. The van der Waals surface area contributed by atoms with Crippen molar-refractivity contribution in [1.82, 2.24) is 20.1 Å². The Morgan fingerprint density at radius 2 is 2.32 bits per heavy atom. The van der Waals surface area contributed by atoms with E-state index in [4.69, 9.17) is 22.1 Å². The zero-order chi connectivity index (χ0) is 13.8. The molecule has 1 saturated heterocycles. The van der Waals surface area contributed by atoms with Crippen molar-refractivity contribution in [3.63, 3.8) is 0 Å². The number of nitrogens with two attached hydrogens (primary N) is 1. The minimum Gasteiger partial charge on any atom is -0.389 e. The molecule has 0 bridgehead atoms. The Morgan fingerprint density at radius 3 is 2.95 bits per heavy atom. The van der Waals surface area contributed by atoms with Crippen LogP contribution in [0.15, 0.2) is 0 Å². The zero-order valence-corrected chi connectivity index (χ0v) is 11.3. The van der Waals surface area contributed by atoms with Crippen LogP contribution in [-0.4, -0.2) is 70.7 Å². The van der Waals surface area contributed by atoms with E-state index in [9.17, 15) is 5.11 Å². The number of nitrogens with zero attached hydrogens (tertiary/aromatic N) is 4. The largest absolute Gasteiger partial charge is 0.389 e. The third-order valence-corrected chi connectivity index (χ3v) is 3.06. The molecule has 2 heterocycles. The summed E-state index contributed by atoms with van der Waals surface area (Å²) < 4.78 is 4.87. The fraction of sp³-hybridized carbons (Fsp3) is 0.700. The third kappa shape index (κ3) is 3.87. The predicted octanol–water partition coefficient (Wildman–Crippen LogP) is -0.789. The minimum atomic E-state index is -0.463. The maximum atomic E-state index is 9.57. The molecule has 9 heteroatoms. The third-order valence-electron chi connectivity index (χ3n) is 2.79. The van der Waals surface area contributed by atoms with E-state index in [0.717, 1.165) is 13.1 Å². The smallest absolute Gasteiger partial charge is 0.245 e. The number of anilines is 2. The Kier molecular flexibility index (Phi) is 4.70. The van der Waals surface area contributed by atoms with Gasteiger partial charge in [-0.3, -0.25) is 4.90 Å². The first-order chi connectivity index (χ1) is 9.08. The molecule has 0 radical (unpaired) electrons. The van der Waals surface area contributed by atoms with Crippen molar-refractivity contribution in [2.24, 2.45) is 0 Å². The van der Waals surface area contributed by atoms with Crippen molar-refractivity contribution in [2.45, 2.75) is 12.1 Å². The molecule has 8 nitrogen and oxygen atoms in total. The van der Waals surface area contributed by atoms with Crippen LogP contribution in [-0.2, 0) is 4.74 Å². The van der Waals surface area contributed by atoms with Gasteiger partial charge in [0.2, 0.25) is 5.95 Å². The van der Waals surface area contributed by atoms with Gasteiger partial charge in [0.15, 0.2) is 11.0 Å². The van der Waals surface area contributed by atoms with Crippen LogP contribution in [0.2, 0.25) is 5.15 Å². The SMILES string of the molecule is COCC(O)CN1CC(Nc2nnc(Cl)c(N)n2)C1. The van der Waals surface area contributed by atoms with Gasteiger partial charge < -0.3 is 20.9 Å². The van der Waals surface area contributed by atoms with Gasteiger partial charge in [0.1, 0.15) is 0 Å². The van der Waals surface area contributed by atoms with Crippen LogP contribution < -0.4 is 11.1 Å². The number of nitrogens with one attached hydrogen (secondary N) is 1. The second-order valence-corrected chi connectivity index (χ2v) is 4.84. The van der Waals surface area contributed by atoms with E-state index in [1.54, 1.807) is 7.11 Å². The number of β-amino-alcohol motifs (C(OH)–C–C–N with tert-alkyl or cyclic N) is 1. The summed E-state index contributed by atoms with van der Waals surface area (Å²) in [4.78, 5) is 6.09. The summed E-state index contributed by atoms with van der Waals surface area (Å²) in [5.41, 5.74) is 5.54. The number of rotatable bonds is 6. The molecule has 4 N–H and O–H groups in total. The number of likely N-dealkylation sites (tertiary alicyclic amines) is 1. The van der Waals surface area contributed by atoms with Gasteiger partial charge in [-0.25, -0.2) is 0 Å². The molecule has 0 aliphatic carbocycles. The molecule has 1 aromatic heterocycles. The topological polar surface area (TPSA) is 109 Å². The maximum Gasteiger partial charge on any atom is 0.245 e. The van der Waals surface area contributed by atoms with E-state index in [0.29, 0.717) is 19.1 Å². The Balaban J connectivity index is 1.74. The molecule has 0 saturated carbocycles. The van der Waals surface area contributed by atoms with Gasteiger partial charge in [0.05, 0.1) is 18.8 Å². The van der Waals surface area contributed by atoms with E-state index in [1.807, 2.05) is 0 Å². The Bertz CT molecular complexity index is 428. The summed E-state index contributed by atoms with van der Waals surface area (Å²) in [5, 5.41) is 20.3. The average molecular weight is 289 g/mol. The van der Waals surface area contributed by atoms with E-state index in [-0.39, 0.29) is 17.0 Å². The molecule has 0 aromatic carbocycles. The van der Waals surface area contributed by atoms with Crippen LogP contribution in [0.4, 0.5) is 11.8 Å². The molecule has 1 unspecified atom stereocenters. The molecule has 1 aliphatic heterocycles. The van der Waals surface area contributed by atoms with Gasteiger partial charge in [-0.2, -0.15) is 4.98 Å². The van der Waals surface area contributed by atoms with Crippen LogP contribution in [0.5, 0.6) is 0 Å². The van der Waals surface area contributed by atoms with Crippen LogP contribution >= 0.6 is 11.6 Å². The molecular formula is C10H17ClN6O2. The highest BCUT2D eigenvalue weighted by Gasteiger charge is 2.28. The van der Waals surface area contributed by atoms with E-state index >= 15 is 0 Å². The van der Waals surface area contributed by atoms with Crippen molar-refractivity contribution < 1.29 is 9.84 Å². The van der Waals surface area contributed by atoms with Gasteiger partial charge in [0, 0.05) is 26.7 Å². The van der Waals surface area contributed by atoms with E-state index < -0.39 is 6.10 Å². The second kappa shape index (κ2) is 6.29. The number of methoxy groups -OCH3 is 1. The fourth-order valence-electron chi connectivity index (χ4n) is 1.92. The number of aliphatic hydroxyl groups is 1. The first-order valence-electron chi connectivity index (χ1n) is 5.90. The zero-order valence-electron chi connectivity index (χ0n) is 10.6. The summed E-state index contributed by atoms with van der Waals surface area (Å²) in [6, 6.07) is 0.220. The van der Waals surface area contributed by atoms with Crippen LogP contribution in [0, 0.1) is 0 Å². The van der Waals surface area contributed by atoms with Gasteiger partial charge in [0.25, 0.3) is 0 Å². The summed E-state index contributed by atoms with van der Waals surface area (Å²) in [7, 11) is 1.57. The van der Waals surface area contributed by atoms with E-state index in [1.165, 1.54) is 0 Å². The molecule has 1 aromatic rings. The fourth-order valence-corrected chi connectivity index (χ4v) is 2.00. The first-order valence-corrected chi connectivity index (χ1v) is 6.28. The Hall–Kier alpha value is -1.22. The Labute approximate surface area is 115 Å². The molecule has 0 spiro atoms. The van der Waals surface area contributed by atoms with E-state index in [2.05, 4.69) is 25.4 Å². The van der Waals surface area contributed by atoms with Crippen molar-refractivity contribution in [1.29, 1.82) is 0 Å². The number of halogens is 1. The van der Waals surface area contributed by atoms with Crippen LogP contribution in [0.25, 0.3) is 0 Å². The minimum absolute atomic E-state index is 0.100. The molecule has 2 rings (SSSR count). The standard InChI is InChI=1S/C10H17ClN6O2/c1-19-5-7(18)4-17-2-6(3-17)13-10-14-9(12)8(11)15-16-10/h6-7,18H,2-5H2,1H3,(H3,12,13,14,16). The predicted molar refractivity (Wildman–Crippen MR) is 71.0 cm³/mol. The molecule has 1 atom stereocenters. The Morgan fingerprint density at radius 1 is 1.58 bits per heavy atom. The van der Waals surface area contributed by atoms with Gasteiger partial charge in [-0.1, -0.05) is 11.6 Å². The number of nitrogen functional groups attached to an aromatic ring is 1. The highest BCUT2D eigenvalue weighted by atomic mass is 35.5. The highest BCUT2D eigenvalue weighted by molar-refractivity contribution is 6.31. The molecular weight excluding hydrogens is 272 g/mol. The number of hydrogen-bond acceptors (Lipinski definition) is 8. The number of aromatic nitrogens is 3. The summed E-state index contributed by atoms with van der Waals surface area (Å²) in [6.07, 6.45) is -0.463. The molecule has 0 amide bonds. The van der Waals surface area contributed by atoms with Crippen LogP contribution in [0.3, 0.4) is 0 Å². The number of aliphatic hydroxyl groups excluding tert-OH is 1. The van der Waals surface area contributed by atoms with Crippen molar-refractivity contribution in [3.8, 4) is 0 Å². The van der Waals surface area contributed by atoms with Crippen molar-refractivity contribution >= 4 is 23.4 Å². The van der Waals surface area contributed by atoms with Crippen LogP contribution in [0.1, 0.15) is 0 Å². The van der Waals surface area contributed by atoms with Crippen molar-refractivity contribution in [3.05, 3.63) is 5.15 Å². The lowest BCUT2D eigenvalue weighted by Crippen LogP contribution is -2.57. The second-order valence-electron chi connectivity index (χ2n) is 4.48. The van der Waals surface area contributed by atoms with Gasteiger partial charge in [-0.15, -0.1) is 10.2 Å². The van der Waals surface area contributed by atoms with Gasteiger partial charge in [-0.05, 0) is 0 Å². The van der Waals surface area contributed by atoms with Gasteiger partial charge >= 0.3 is 0 Å². The number of ether oxygens (including phenoxy) is 1. The lowest BCUT2D eigenvalue weighted by Gasteiger charge is -2.40. The molecule has 1 fully saturated rings. The van der Waals surface area contributed by atoms with Crippen molar-refractivity contribution in [2.75, 3.05) is 44.4 Å². The summed E-state index contributed by atoms with van der Waals surface area (Å²) >= 11 is 5.64. The lowest BCUT2D eigenvalue weighted by atomic mass is 10.1. The average Bonchev–Trinajstić information content (AvgIpc) is 2.31. The summed E-state index contributed by atoms with van der Waals surface area (Å²) in [6.45, 7) is 2.53. The lowest BCUT2D eigenvalue weighted by molar-refractivity contribution is 0.0192. The molecule has 19 heavy (non-hydrogen) atoms. The normalized spacial score (nSPS) is 18.1.